The zero-order valence-corrected chi connectivity index (χ0v) is 18.6. The second-order valence-electron chi connectivity index (χ2n) is 7.39. The molecule has 10 heteroatoms. The molecule has 0 bridgehead atoms. The fraction of sp³-hybridized carbons (Fsp3) is 0.318. The summed E-state index contributed by atoms with van der Waals surface area (Å²) < 4.78 is 46.9. The average Bonchev–Trinajstić information content (AvgIpc) is 2.80. The monoisotopic (exact) mass is 461 g/mol. The Labute approximate surface area is 186 Å². The van der Waals surface area contributed by atoms with Crippen LogP contribution in [0, 0.1) is 0 Å². The summed E-state index contributed by atoms with van der Waals surface area (Å²) in [5.74, 6) is -1.24. The number of quaternary nitrogens is 1. The fourth-order valence-corrected chi connectivity index (χ4v) is 5.23. The molecule has 0 aromatic heterocycles. The number of hydrogen-bond acceptors (Lipinski definition) is 7. The van der Waals surface area contributed by atoms with Crippen molar-refractivity contribution in [2.24, 2.45) is 4.40 Å². The molecule has 1 aliphatic heterocycles. The van der Waals surface area contributed by atoms with Crippen LogP contribution in [0.15, 0.2) is 63.5 Å². The van der Waals surface area contributed by atoms with Gasteiger partial charge in [0, 0.05) is 23.3 Å². The van der Waals surface area contributed by atoms with Crippen LogP contribution in [-0.2, 0) is 20.5 Å². The molecule has 2 aliphatic rings. The van der Waals surface area contributed by atoms with Gasteiger partial charge >= 0.3 is 0 Å². The number of ether oxygens (including phenoxy) is 3. The van der Waals surface area contributed by atoms with Crippen LogP contribution in [0.5, 0.6) is 11.5 Å². The highest BCUT2D eigenvalue weighted by molar-refractivity contribution is 7.90. The maximum absolute atomic E-state index is 13.3. The molecule has 32 heavy (non-hydrogen) atoms. The lowest BCUT2D eigenvalue weighted by atomic mass is 9.86. The summed E-state index contributed by atoms with van der Waals surface area (Å²) in [5.41, 5.74) is 1.41. The molecule has 2 aromatic carbocycles. The molecule has 0 saturated carbocycles. The van der Waals surface area contributed by atoms with E-state index in [4.69, 9.17) is 14.2 Å². The number of fused-ring (bicyclic) bond motifs is 3. The first-order valence-corrected chi connectivity index (χ1v) is 11.5. The molecular weight excluding hydrogens is 436 g/mol. The third-order valence-electron chi connectivity index (χ3n) is 5.59. The Morgan fingerprint density at radius 2 is 1.97 bits per heavy atom. The number of hydrogen-bond donors (Lipinski definition) is 3. The maximum Gasteiger partial charge on any atom is 0.286 e. The second-order valence-corrected chi connectivity index (χ2v) is 8.96. The van der Waals surface area contributed by atoms with Gasteiger partial charge in [-0.25, -0.2) is 0 Å². The lowest BCUT2D eigenvalue weighted by Gasteiger charge is -2.41. The number of methoxy groups -OCH3 is 2. The Morgan fingerprint density at radius 1 is 1.19 bits per heavy atom. The highest BCUT2D eigenvalue weighted by Gasteiger charge is 2.49. The van der Waals surface area contributed by atoms with Gasteiger partial charge in [-0.1, -0.05) is 24.3 Å². The molecule has 0 radical (unpaired) electrons. The topological polar surface area (TPSA) is 119 Å². The quantitative estimate of drug-likeness (QED) is 0.547. The number of nitrogens with one attached hydrogen (secondary N) is 1. The van der Waals surface area contributed by atoms with Crippen LogP contribution in [0.25, 0.3) is 0 Å². The van der Waals surface area contributed by atoms with Crippen molar-refractivity contribution in [3.63, 3.8) is 0 Å². The van der Waals surface area contributed by atoms with Crippen LogP contribution in [0.3, 0.4) is 0 Å². The molecule has 1 aliphatic carbocycles. The normalized spacial score (nSPS) is 23.8. The fourth-order valence-electron chi connectivity index (χ4n) is 4.05. The predicted molar refractivity (Wildman–Crippen MR) is 115 cm³/mol. The highest BCUT2D eigenvalue weighted by atomic mass is 32.2. The smallest absolute Gasteiger partial charge is 0.286 e. The standard InChI is InChI=1S/C22H24N2O7S/c1-29-15-7-8-19(30-2)20(13-15)32(27,28)23-18-14-21-22(26,17-6-4-3-5-16(17)18)31-12-10-24(21)9-11-25/h3-8,13-14,25-26H,9-12H2,1-2H3/p+1. The summed E-state index contributed by atoms with van der Waals surface area (Å²) in [4.78, 5) is 0.655. The Bertz CT molecular complexity index is 1190. The number of aliphatic hydroxyl groups is 2. The molecule has 2 atom stereocenters. The van der Waals surface area contributed by atoms with Gasteiger partial charge in [0.15, 0.2) is 5.70 Å². The van der Waals surface area contributed by atoms with E-state index in [1.165, 1.54) is 32.4 Å². The van der Waals surface area contributed by atoms with Crippen molar-refractivity contribution < 1.29 is 37.7 Å². The minimum Gasteiger partial charge on any atom is -0.497 e. The third kappa shape index (κ3) is 3.80. The molecule has 2 unspecified atom stereocenters. The van der Waals surface area contributed by atoms with E-state index in [1.807, 2.05) is 0 Å². The minimum absolute atomic E-state index is 0.101. The minimum atomic E-state index is -4.21. The van der Waals surface area contributed by atoms with Crippen molar-refractivity contribution in [2.45, 2.75) is 10.7 Å². The summed E-state index contributed by atoms with van der Waals surface area (Å²) in [7, 11) is -1.39. The van der Waals surface area contributed by atoms with Crippen molar-refractivity contribution in [3.8, 4) is 11.5 Å². The van der Waals surface area contributed by atoms with Crippen LogP contribution in [0.2, 0.25) is 0 Å². The molecule has 1 saturated heterocycles. The zero-order valence-electron chi connectivity index (χ0n) is 17.7. The molecule has 9 nitrogen and oxygen atoms in total. The van der Waals surface area contributed by atoms with Crippen molar-refractivity contribution in [1.82, 2.24) is 0 Å². The first kappa shape index (κ1) is 22.4. The van der Waals surface area contributed by atoms with E-state index in [0.717, 1.165) is 4.90 Å². The van der Waals surface area contributed by atoms with Gasteiger partial charge in [0.2, 0.25) is 0 Å². The average molecular weight is 462 g/mol. The van der Waals surface area contributed by atoms with E-state index < -0.39 is 15.8 Å². The summed E-state index contributed by atoms with van der Waals surface area (Å²) in [6, 6.07) is 11.3. The van der Waals surface area contributed by atoms with E-state index >= 15 is 0 Å². The summed E-state index contributed by atoms with van der Waals surface area (Å²) >= 11 is 0. The molecule has 1 fully saturated rings. The van der Waals surface area contributed by atoms with E-state index in [9.17, 15) is 18.6 Å². The van der Waals surface area contributed by atoms with Crippen LogP contribution < -0.4 is 14.4 Å². The largest absolute Gasteiger partial charge is 0.497 e. The van der Waals surface area contributed by atoms with Crippen molar-refractivity contribution in [3.05, 3.63) is 65.4 Å². The number of sulfonamides is 1. The molecule has 3 N–H and O–H groups in total. The Morgan fingerprint density at radius 3 is 2.69 bits per heavy atom. The lowest BCUT2D eigenvalue weighted by molar-refractivity contribution is -0.882. The van der Waals surface area contributed by atoms with Crippen LogP contribution in [0.4, 0.5) is 0 Å². The lowest BCUT2D eigenvalue weighted by Crippen LogP contribution is -3.14. The molecular formula is C22H25N2O7S+. The van der Waals surface area contributed by atoms with Gasteiger partial charge in [0.1, 0.15) is 36.1 Å². The van der Waals surface area contributed by atoms with Crippen LogP contribution >= 0.6 is 0 Å². The van der Waals surface area contributed by atoms with E-state index in [2.05, 4.69) is 4.40 Å². The van der Waals surface area contributed by atoms with E-state index in [1.54, 1.807) is 30.3 Å². The van der Waals surface area contributed by atoms with Gasteiger partial charge in [-0.15, -0.1) is 0 Å². The zero-order chi connectivity index (χ0) is 22.9. The third-order valence-corrected chi connectivity index (χ3v) is 6.90. The first-order valence-electron chi connectivity index (χ1n) is 10.1. The molecule has 0 amide bonds. The van der Waals surface area contributed by atoms with E-state index in [0.29, 0.717) is 35.7 Å². The summed E-state index contributed by atoms with van der Waals surface area (Å²) in [6.07, 6.45) is 1.52. The number of allylic oxidation sites excluding steroid dienone is 1. The molecule has 1 heterocycles. The second kappa shape index (κ2) is 8.64. The number of benzene rings is 2. The highest BCUT2D eigenvalue weighted by Crippen LogP contribution is 2.37. The van der Waals surface area contributed by atoms with E-state index in [-0.39, 0.29) is 29.6 Å². The van der Waals surface area contributed by atoms with Crippen molar-refractivity contribution in [2.75, 3.05) is 40.5 Å². The van der Waals surface area contributed by atoms with Gasteiger partial charge in [0.25, 0.3) is 15.8 Å². The SMILES string of the molecule is COc1ccc(OC)c(S(=O)(=O)N=C2C=C3[NH+](CCO)CCOC3(O)c3ccccc32)c1. The summed E-state index contributed by atoms with van der Waals surface area (Å²) in [5, 5.41) is 20.9. The maximum atomic E-state index is 13.3. The summed E-state index contributed by atoms with van der Waals surface area (Å²) in [6.45, 7) is 1.03. The Hall–Kier alpha value is -2.76. The first-order chi connectivity index (χ1) is 15.3. The Kier molecular flexibility index (Phi) is 6.06. The number of rotatable bonds is 6. The molecule has 170 valence electrons. The number of morpholine rings is 1. The number of nitrogens with zero attached hydrogens (tertiary/aromatic N) is 1. The van der Waals surface area contributed by atoms with Gasteiger partial charge < -0.3 is 24.4 Å². The Balaban J connectivity index is 1.91. The van der Waals surface area contributed by atoms with Crippen LogP contribution in [0.1, 0.15) is 11.1 Å². The van der Waals surface area contributed by atoms with Gasteiger partial charge in [-0.05, 0) is 12.1 Å². The predicted octanol–water partition coefficient (Wildman–Crippen LogP) is -0.168. The molecule has 2 aromatic rings. The number of aliphatic hydroxyl groups excluding tert-OH is 1. The van der Waals surface area contributed by atoms with Crippen molar-refractivity contribution in [1.29, 1.82) is 0 Å². The van der Waals surface area contributed by atoms with Crippen molar-refractivity contribution >= 4 is 15.7 Å². The van der Waals surface area contributed by atoms with Gasteiger partial charge in [-0.3, -0.25) is 4.90 Å². The molecule has 0 spiro atoms. The van der Waals surface area contributed by atoms with Gasteiger partial charge in [-0.2, -0.15) is 12.8 Å². The van der Waals surface area contributed by atoms with Gasteiger partial charge in [0.05, 0.1) is 26.5 Å². The van der Waals surface area contributed by atoms with Crippen LogP contribution in [-0.4, -0.2) is 64.9 Å². The molecule has 4 rings (SSSR count).